The monoisotopic (exact) mass is 270 g/mol. The lowest BCUT2D eigenvalue weighted by atomic mass is 10.0. The minimum Gasteiger partial charge on any atom is -0.389 e. The second-order valence-electron chi connectivity index (χ2n) is 4.94. The normalized spacial score (nSPS) is 11.9. The van der Waals surface area contributed by atoms with Crippen molar-refractivity contribution in [2.24, 2.45) is 7.05 Å². The Balaban J connectivity index is 2.32. The van der Waals surface area contributed by atoms with Crippen LogP contribution in [-0.2, 0) is 13.6 Å². The summed E-state index contributed by atoms with van der Waals surface area (Å²) in [6.07, 6.45) is 3.19. The van der Waals surface area contributed by atoms with Crippen LogP contribution in [0.15, 0.2) is 30.6 Å². The van der Waals surface area contributed by atoms with Crippen molar-refractivity contribution >= 4 is 5.69 Å². The lowest BCUT2D eigenvalue weighted by Crippen LogP contribution is -2.18. The molecule has 1 aromatic heterocycles. The molecule has 0 radical (unpaired) electrons. The number of aryl methyl sites for hydroxylation is 1. The van der Waals surface area contributed by atoms with Crippen LogP contribution in [0.5, 0.6) is 0 Å². The second-order valence-corrected chi connectivity index (χ2v) is 4.94. The van der Waals surface area contributed by atoms with E-state index in [2.05, 4.69) is 11.2 Å². The smallest absolute Gasteiger partial charge is 0.0992 e. The quantitative estimate of drug-likeness (QED) is 0.922. The number of aliphatic hydroxyl groups is 1. The molecule has 0 aliphatic heterocycles. The molecule has 1 heterocycles. The van der Waals surface area contributed by atoms with Crippen molar-refractivity contribution in [2.45, 2.75) is 19.6 Å². The number of hydrogen-bond acceptors (Lipinski definition) is 4. The van der Waals surface area contributed by atoms with Crippen LogP contribution >= 0.6 is 0 Å². The van der Waals surface area contributed by atoms with E-state index in [-0.39, 0.29) is 0 Å². The molecular formula is C15H18N4O. The van der Waals surface area contributed by atoms with Crippen molar-refractivity contribution in [1.82, 2.24) is 9.78 Å². The van der Waals surface area contributed by atoms with Gasteiger partial charge in [-0.1, -0.05) is 6.07 Å². The van der Waals surface area contributed by atoms with Gasteiger partial charge in [0, 0.05) is 43.7 Å². The Hall–Kier alpha value is -2.32. The maximum absolute atomic E-state index is 9.86. The summed E-state index contributed by atoms with van der Waals surface area (Å²) in [6, 6.07) is 7.47. The molecule has 5 nitrogen and oxygen atoms in total. The molecule has 1 aromatic carbocycles. The number of nitrogens with zero attached hydrogens (tertiary/aromatic N) is 4. The molecule has 20 heavy (non-hydrogen) atoms. The second kappa shape index (κ2) is 5.76. The highest BCUT2D eigenvalue weighted by molar-refractivity contribution is 5.58. The number of aromatic nitrogens is 2. The molecule has 0 saturated heterocycles. The highest BCUT2D eigenvalue weighted by atomic mass is 16.3. The summed E-state index contributed by atoms with van der Waals surface area (Å²) >= 11 is 0. The molecule has 0 aliphatic carbocycles. The van der Waals surface area contributed by atoms with Crippen molar-refractivity contribution in [3.63, 3.8) is 0 Å². The average molecular weight is 270 g/mol. The maximum atomic E-state index is 9.86. The van der Waals surface area contributed by atoms with Gasteiger partial charge < -0.3 is 10.0 Å². The van der Waals surface area contributed by atoms with Gasteiger partial charge in [0.25, 0.3) is 0 Å². The van der Waals surface area contributed by atoms with Gasteiger partial charge in [-0.05, 0) is 19.1 Å². The summed E-state index contributed by atoms with van der Waals surface area (Å²) < 4.78 is 1.75. The number of aliphatic hydroxyl groups excluding tert-OH is 1. The van der Waals surface area contributed by atoms with Crippen molar-refractivity contribution < 1.29 is 5.11 Å². The summed E-state index contributed by atoms with van der Waals surface area (Å²) in [6.45, 7) is 2.39. The molecule has 0 aliphatic rings. The first kappa shape index (κ1) is 14.1. The molecular weight excluding hydrogens is 252 g/mol. The van der Waals surface area contributed by atoms with Gasteiger partial charge in [0.2, 0.25) is 0 Å². The van der Waals surface area contributed by atoms with Crippen molar-refractivity contribution in [3.05, 3.63) is 47.3 Å². The van der Waals surface area contributed by atoms with Gasteiger partial charge in [-0.15, -0.1) is 0 Å². The number of nitriles is 1. The molecule has 0 fully saturated rings. The Morgan fingerprint density at radius 2 is 2.25 bits per heavy atom. The number of rotatable bonds is 4. The summed E-state index contributed by atoms with van der Waals surface area (Å²) in [5, 5.41) is 23.0. The predicted octanol–water partition coefficient (Wildman–Crippen LogP) is 1.98. The van der Waals surface area contributed by atoms with Gasteiger partial charge in [0.1, 0.15) is 0 Å². The third-order valence-corrected chi connectivity index (χ3v) is 3.20. The summed E-state index contributed by atoms with van der Waals surface area (Å²) in [5.74, 6) is 0. The molecule has 0 unspecified atom stereocenters. The van der Waals surface area contributed by atoms with E-state index in [1.54, 1.807) is 29.8 Å². The third kappa shape index (κ3) is 2.98. The Morgan fingerprint density at radius 1 is 1.50 bits per heavy atom. The molecule has 0 amide bonds. The summed E-state index contributed by atoms with van der Waals surface area (Å²) in [5.41, 5.74) is 3.34. The van der Waals surface area contributed by atoms with Crippen LogP contribution in [0.1, 0.15) is 29.7 Å². The zero-order chi connectivity index (χ0) is 14.7. The fourth-order valence-corrected chi connectivity index (χ4v) is 2.21. The zero-order valence-corrected chi connectivity index (χ0v) is 11.9. The molecule has 104 valence electrons. The van der Waals surface area contributed by atoms with E-state index in [4.69, 9.17) is 5.26 Å². The van der Waals surface area contributed by atoms with E-state index in [1.165, 1.54) is 0 Å². The molecule has 1 N–H and O–H groups in total. The van der Waals surface area contributed by atoms with E-state index in [0.717, 1.165) is 16.8 Å². The van der Waals surface area contributed by atoms with Gasteiger partial charge >= 0.3 is 0 Å². The van der Waals surface area contributed by atoms with Crippen LogP contribution in [-0.4, -0.2) is 21.9 Å². The van der Waals surface area contributed by atoms with Crippen molar-refractivity contribution in [1.29, 1.82) is 5.26 Å². The van der Waals surface area contributed by atoms with Gasteiger partial charge in [-0.2, -0.15) is 10.4 Å². The van der Waals surface area contributed by atoms with E-state index < -0.39 is 6.10 Å². The van der Waals surface area contributed by atoms with Crippen molar-refractivity contribution in [3.8, 4) is 6.07 Å². The lowest BCUT2D eigenvalue weighted by Gasteiger charge is -2.23. The van der Waals surface area contributed by atoms with Crippen LogP contribution in [0.4, 0.5) is 5.69 Å². The Labute approximate surface area is 118 Å². The minimum absolute atomic E-state index is 0.575. The fraction of sp³-hybridized carbons (Fsp3) is 0.333. The lowest BCUT2D eigenvalue weighted by molar-refractivity contribution is 0.199. The largest absolute Gasteiger partial charge is 0.389 e. The Bertz CT molecular complexity index is 640. The number of benzene rings is 1. The molecule has 5 heteroatoms. The SMILES string of the molecule is C[C@@H](O)c1ccc(C#N)cc1N(C)Cc1cnn(C)c1. The molecule has 0 saturated carbocycles. The van der Waals surface area contributed by atoms with Crippen LogP contribution in [0.3, 0.4) is 0 Å². The highest BCUT2D eigenvalue weighted by Crippen LogP contribution is 2.27. The number of anilines is 1. The molecule has 2 aromatic rings. The first-order valence-electron chi connectivity index (χ1n) is 6.42. The molecule has 1 atom stereocenters. The van der Waals surface area contributed by atoms with Crippen LogP contribution in [0.25, 0.3) is 0 Å². The maximum Gasteiger partial charge on any atom is 0.0992 e. The zero-order valence-electron chi connectivity index (χ0n) is 11.9. The van der Waals surface area contributed by atoms with Crippen molar-refractivity contribution in [2.75, 3.05) is 11.9 Å². The highest BCUT2D eigenvalue weighted by Gasteiger charge is 2.13. The van der Waals surface area contributed by atoms with Gasteiger partial charge in [-0.25, -0.2) is 0 Å². The standard InChI is InChI=1S/C15H18N4O/c1-11(20)14-5-4-12(7-16)6-15(14)18(2)9-13-8-17-19(3)10-13/h4-6,8,10-11,20H,9H2,1-3H3/t11-/m1/s1. The van der Waals surface area contributed by atoms with Crippen LogP contribution < -0.4 is 4.90 Å². The molecule has 0 bridgehead atoms. The Kier molecular flexibility index (Phi) is 4.06. The van der Waals surface area contributed by atoms with E-state index in [0.29, 0.717) is 12.1 Å². The van der Waals surface area contributed by atoms with Gasteiger partial charge in [0.15, 0.2) is 0 Å². The summed E-state index contributed by atoms with van der Waals surface area (Å²) in [7, 11) is 3.82. The van der Waals surface area contributed by atoms with Gasteiger partial charge in [0.05, 0.1) is 23.9 Å². The third-order valence-electron chi connectivity index (χ3n) is 3.20. The predicted molar refractivity (Wildman–Crippen MR) is 77.1 cm³/mol. The average Bonchev–Trinajstić information content (AvgIpc) is 2.83. The van der Waals surface area contributed by atoms with E-state index in [1.807, 2.05) is 31.4 Å². The minimum atomic E-state index is -0.575. The van der Waals surface area contributed by atoms with E-state index in [9.17, 15) is 5.11 Å². The first-order chi connectivity index (χ1) is 9.51. The molecule has 2 rings (SSSR count). The van der Waals surface area contributed by atoms with Crippen LogP contribution in [0, 0.1) is 11.3 Å². The van der Waals surface area contributed by atoms with E-state index >= 15 is 0 Å². The topological polar surface area (TPSA) is 65.1 Å². The van der Waals surface area contributed by atoms with Gasteiger partial charge in [-0.3, -0.25) is 4.68 Å². The first-order valence-corrected chi connectivity index (χ1v) is 6.42. The molecule has 0 spiro atoms. The fourth-order valence-electron chi connectivity index (χ4n) is 2.21. The summed E-state index contributed by atoms with van der Waals surface area (Å²) in [4.78, 5) is 2.01. The van der Waals surface area contributed by atoms with Crippen LogP contribution in [0.2, 0.25) is 0 Å². The number of hydrogen-bond donors (Lipinski definition) is 1. The Morgan fingerprint density at radius 3 is 2.80 bits per heavy atom.